The zero-order valence-corrected chi connectivity index (χ0v) is 21.3. The van der Waals surface area contributed by atoms with E-state index in [1.54, 1.807) is 26.3 Å². The normalized spacial score (nSPS) is 16.8. The molecule has 0 saturated carbocycles. The fourth-order valence-electron chi connectivity index (χ4n) is 4.57. The lowest BCUT2D eigenvalue weighted by Crippen LogP contribution is -2.47. The Morgan fingerprint density at radius 2 is 1.89 bits per heavy atom. The van der Waals surface area contributed by atoms with Crippen LogP contribution in [0.15, 0.2) is 30.5 Å². The number of thiazole rings is 1. The minimum atomic E-state index is -0.231. The molecule has 0 spiro atoms. The average Bonchev–Trinajstić information content (AvgIpc) is 3.32. The summed E-state index contributed by atoms with van der Waals surface area (Å²) in [5.74, 6) is 0.553. The highest BCUT2D eigenvalue weighted by Crippen LogP contribution is 2.39. The topological polar surface area (TPSA) is 100 Å². The van der Waals surface area contributed by atoms with Crippen LogP contribution in [0, 0.1) is 0 Å². The Bertz CT molecular complexity index is 1250. The number of amides is 2. The van der Waals surface area contributed by atoms with Crippen LogP contribution in [0.25, 0.3) is 10.2 Å². The Morgan fingerprint density at radius 1 is 1.11 bits per heavy atom. The lowest BCUT2D eigenvalue weighted by atomic mass is 10.2. The number of hydrogen-bond donors (Lipinski definition) is 1. The number of fused-ring (bicyclic) bond motifs is 1. The molecule has 5 rings (SSSR count). The van der Waals surface area contributed by atoms with Crippen molar-refractivity contribution in [2.45, 2.75) is 13.5 Å². The van der Waals surface area contributed by atoms with E-state index in [1.807, 2.05) is 23.1 Å². The molecular weight excluding hydrogens is 480 g/mol. The lowest BCUT2D eigenvalue weighted by molar-refractivity contribution is -0.130. The minimum absolute atomic E-state index is 0.107. The number of hydrogen-bond acceptors (Lipinski definition) is 9. The van der Waals surface area contributed by atoms with Gasteiger partial charge in [0.1, 0.15) is 11.3 Å². The van der Waals surface area contributed by atoms with E-state index in [2.05, 4.69) is 25.1 Å². The van der Waals surface area contributed by atoms with Crippen molar-refractivity contribution < 1.29 is 19.1 Å². The SMILES string of the molecule is COc1ccc(N2CCOCC2)c2sc(NC(=O)c3ccnc(CN4CCN(C(C)=O)CC4)c3)nc12. The van der Waals surface area contributed by atoms with Crippen LogP contribution in [0.1, 0.15) is 23.0 Å². The van der Waals surface area contributed by atoms with Crippen LogP contribution in [0.4, 0.5) is 10.8 Å². The summed E-state index contributed by atoms with van der Waals surface area (Å²) >= 11 is 1.44. The number of piperazine rings is 1. The number of carbonyl (C=O) groups is 2. The maximum Gasteiger partial charge on any atom is 0.257 e. The van der Waals surface area contributed by atoms with Crippen molar-refractivity contribution in [1.82, 2.24) is 19.8 Å². The van der Waals surface area contributed by atoms with Crippen LogP contribution in [0.3, 0.4) is 0 Å². The summed E-state index contributed by atoms with van der Waals surface area (Å²) in [6.45, 7) is 8.23. The molecule has 10 nitrogen and oxygen atoms in total. The highest BCUT2D eigenvalue weighted by molar-refractivity contribution is 7.23. The van der Waals surface area contributed by atoms with Gasteiger partial charge in [-0.3, -0.25) is 24.8 Å². The lowest BCUT2D eigenvalue weighted by Gasteiger charge is -2.33. The molecule has 2 aromatic heterocycles. The van der Waals surface area contributed by atoms with E-state index >= 15 is 0 Å². The number of aromatic nitrogens is 2. The van der Waals surface area contributed by atoms with Crippen molar-refractivity contribution in [3.8, 4) is 5.75 Å². The Kier molecular flexibility index (Phi) is 7.30. The largest absolute Gasteiger partial charge is 0.494 e. The summed E-state index contributed by atoms with van der Waals surface area (Å²) in [6, 6.07) is 7.49. The molecule has 2 amide bonds. The van der Waals surface area contributed by atoms with Gasteiger partial charge in [-0.2, -0.15) is 0 Å². The molecule has 3 aromatic rings. The smallest absolute Gasteiger partial charge is 0.257 e. The van der Waals surface area contributed by atoms with Crippen molar-refractivity contribution in [2.24, 2.45) is 0 Å². The maximum absolute atomic E-state index is 13.1. The number of nitrogens with one attached hydrogen (secondary N) is 1. The standard InChI is InChI=1S/C25H30N6O4S/c1-17(32)30-9-7-29(8-10-30)16-19-15-18(5-6-26-19)24(33)28-25-27-22-21(34-2)4-3-20(23(22)36-25)31-11-13-35-14-12-31/h3-6,15H,7-14,16H2,1-2H3,(H,27,28,33). The number of benzene rings is 1. The molecule has 1 N–H and O–H groups in total. The molecule has 0 unspecified atom stereocenters. The molecule has 0 atom stereocenters. The zero-order valence-electron chi connectivity index (χ0n) is 20.5. The van der Waals surface area contributed by atoms with Gasteiger partial charge in [0, 0.05) is 64.5 Å². The molecule has 2 fully saturated rings. The minimum Gasteiger partial charge on any atom is -0.494 e. The number of carbonyl (C=O) groups excluding carboxylic acids is 2. The fraction of sp³-hybridized carbons (Fsp3) is 0.440. The van der Waals surface area contributed by atoms with Crippen LogP contribution in [0.5, 0.6) is 5.75 Å². The van der Waals surface area contributed by atoms with Crippen molar-refractivity contribution in [3.05, 3.63) is 41.7 Å². The van der Waals surface area contributed by atoms with E-state index < -0.39 is 0 Å². The molecule has 36 heavy (non-hydrogen) atoms. The molecule has 0 radical (unpaired) electrons. The van der Waals surface area contributed by atoms with E-state index in [0.29, 0.717) is 49.3 Å². The van der Waals surface area contributed by atoms with Gasteiger partial charge in [-0.25, -0.2) is 4.98 Å². The van der Waals surface area contributed by atoms with Gasteiger partial charge in [0.25, 0.3) is 5.91 Å². The second-order valence-corrected chi connectivity index (χ2v) is 9.85. The predicted octanol–water partition coefficient (Wildman–Crippen LogP) is 2.45. The maximum atomic E-state index is 13.1. The van der Waals surface area contributed by atoms with Crippen molar-refractivity contribution in [3.63, 3.8) is 0 Å². The number of rotatable bonds is 6. The summed E-state index contributed by atoms with van der Waals surface area (Å²) in [5.41, 5.74) is 3.16. The molecule has 2 saturated heterocycles. The number of pyridine rings is 1. The zero-order chi connectivity index (χ0) is 25.1. The van der Waals surface area contributed by atoms with E-state index in [9.17, 15) is 9.59 Å². The van der Waals surface area contributed by atoms with Crippen molar-refractivity contribution >= 4 is 44.2 Å². The van der Waals surface area contributed by atoms with Gasteiger partial charge in [0.15, 0.2) is 5.13 Å². The molecule has 2 aliphatic rings. The third-order valence-electron chi connectivity index (χ3n) is 6.56. The Balaban J connectivity index is 1.30. The average molecular weight is 511 g/mol. The monoisotopic (exact) mass is 510 g/mol. The fourth-order valence-corrected chi connectivity index (χ4v) is 5.59. The molecule has 1 aromatic carbocycles. The second kappa shape index (κ2) is 10.8. The third-order valence-corrected chi connectivity index (χ3v) is 7.55. The molecule has 190 valence electrons. The first kappa shape index (κ1) is 24.4. The Labute approximate surface area is 213 Å². The number of methoxy groups -OCH3 is 1. The Morgan fingerprint density at radius 3 is 2.61 bits per heavy atom. The molecule has 11 heteroatoms. The summed E-state index contributed by atoms with van der Waals surface area (Å²) in [5, 5.41) is 3.48. The van der Waals surface area contributed by atoms with Gasteiger partial charge in [0.05, 0.1) is 36.4 Å². The van der Waals surface area contributed by atoms with Crippen LogP contribution in [0.2, 0.25) is 0 Å². The number of morpholine rings is 1. The van der Waals surface area contributed by atoms with Crippen molar-refractivity contribution in [2.75, 3.05) is 69.8 Å². The number of nitrogens with zero attached hydrogens (tertiary/aromatic N) is 5. The Hall–Kier alpha value is -3.28. The molecule has 0 aliphatic carbocycles. The van der Waals surface area contributed by atoms with Crippen LogP contribution in [-0.2, 0) is 16.1 Å². The molecular formula is C25H30N6O4S. The first-order chi connectivity index (χ1) is 17.5. The van der Waals surface area contributed by atoms with Crippen LogP contribution in [-0.4, -0.2) is 91.2 Å². The van der Waals surface area contributed by atoms with Gasteiger partial charge in [-0.1, -0.05) is 11.3 Å². The quantitative estimate of drug-likeness (QED) is 0.540. The summed E-state index contributed by atoms with van der Waals surface area (Å²) in [4.78, 5) is 40.2. The van der Waals surface area contributed by atoms with Gasteiger partial charge in [0.2, 0.25) is 5.91 Å². The molecule has 2 aliphatic heterocycles. The number of anilines is 2. The van der Waals surface area contributed by atoms with E-state index in [0.717, 1.165) is 47.8 Å². The van der Waals surface area contributed by atoms with Crippen molar-refractivity contribution in [1.29, 1.82) is 0 Å². The number of ether oxygens (including phenoxy) is 2. The third kappa shape index (κ3) is 5.28. The highest BCUT2D eigenvalue weighted by atomic mass is 32.1. The van der Waals surface area contributed by atoms with Crippen LogP contribution >= 0.6 is 11.3 Å². The second-order valence-electron chi connectivity index (χ2n) is 8.86. The highest BCUT2D eigenvalue weighted by Gasteiger charge is 2.21. The summed E-state index contributed by atoms with van der Waals surface area (Å²) < 4.78 is 12.0. The van der Waals surface area contributed by atoms with Gasteiger partial charge in [-0.15, -0.1) is 0 Å². The van der Waals surface area contributed by atoms with E-state index in [1.165, 1.54) is 11.3 Å². The predicted molar refractivity (Wildman–Crippen MR) is 139 cm³/mol. The molecule has 0 bridgehead atoms. The van der Waals surface area contributed by atoms with Crippen LogP contribution < -0.4 is 15.0 Å². The van der Waals surface area contributed by atoms with Gasteiger partial charge < -0.3 is 19.3 Å². The summed E-state index contributed by atoms with van der Waals surface area (Å²) in [6.07, 6.45) is 1.66. The van der Waals surface area contributed by atoms with E-state index in [-0.39, 0.29) is 11.8 Å². The first-order valence-electron chi connectivity index (χ1n) is 12.1. The summed E-state index contributed by atoms with van der Waals surface area (Å²) in [7, 11) is 1.62. The first-order valence-corrected chi connectivity index (χ1v) is 12.9. The van der Waals surface area contributed by atoms with E-state index in [4.69, 9.17) is 9.47 Å². The molecule has 4 heterocycles. The van der Waals surface area contributed by atoms with Gasteiger partial charge >= 0.3 is 0 Å². The van der Waals surface area contributed by atoms with Gasteiger partial charge in [-0.05, 0) is 24.3 Å².